The predicted octanol–water partition coefficient (Wildman–Crippen LogP) is 2.91. The number of ether oxygens (including phenoxy) is 2. The Morgan fingerprint density at radius 1 is 1.19 bits per heavy atom. The molecule has 3 aromatic rings. The second kappa shape index (κ2) is 9.33. The minimum atomic E-state index is -0.834. The Kier molecular flexibility index (Phi) is 6.34. The number of amides is 2. The molecule has 0 unspecified atom stereocenters. The first-order valence-electron chi connectivity index (χ1n) is 10.4. The van der Waals surface area contributed by atoms with E-state index in [0.717, 1.165) is 22.2 Å². The molecule has 8 nitrogen and oxygen atoms in total. The standard InChI is InChI=1S/C24H25N3O5/c1-16-12-18(20-4-2-3-5-21(20)25-16)14-32-19-8-6-17(7-9-19)23(29)26-24(10-11-31-15-24)13-22(28)27-30/h2-9,12,30H,10-11,13-15H2,1H3,(H,26,29)(H,27,28)/t24-/m1/s1. The van der Waals surface area contributed by atoms with Crippen LogP contribution in [0.1, 0.15) is 34.5 Å². The van der Waals surface area contributed by atoms with Crippen molar-refractivity contribution in [2.24, 2.45) is 0 Å². The summed E-state index contributed by atoms with van der Waals surface area (Å²) in [7, 11) is 0. The highest BCUT2D eigenvalue weighted by Crippen LogP contribution is 2.24. The van der Waals surface area contributed by atoms with Gasteiger partial charge in [-0.2, -0.15) is 0 Å². The van der Waals surface area contributed by atoms with Crippen LogP contribution in [0.3, 0.4) is 0 Å². The molecule has 0 aliphatic carbocycles. The molecule has 0 radical (unpaired) electrons. The molecule has 1 atom stereocenters. The van der Waals surface area contributed by atoms with E-state index in [0.29, 0.717) is 30.9 Å². The Balaban J connectivity index is 1.42. The van der Waals surface area contributed by atoms with Gasteiger partial charge < -0.3 is 14.8 Å². The van der Waals surface area contributed by atoms with E-state index < -0.39 is 11.4 Å². The SMILES string of the molecule is Cc1cc(COc2ccc(C(=O)N[C@@]3(CC(=O)NO)CCOC3)cc2)c2ccccc2n1. The van der Waals surface area contributed by atoms with Crippen molar-refractivity contribution >= 4 is 22.7 Å². The van der Waals surface area contributed by atoms with E-state index in [2.05, 4.69) is 10.3 Å². The van der Waals surface area contributed by atoms with Crippen LogP contribution in [-0.2, 0) is 16.1 Å². The number of hydroxylamine groups is 1. The molecule has 2 amide bonds. The van der Waals surface area contributed by atoms with Crippen molar-refractivity contribution < 1.29 is 24.3 Å². The summed E-state index contributed by atoms with van der Waals surface area (Å²) >= 11 is 0. The second-order valence-electron chi connectivity index (χ2n) is 8.00. The van der Waals surface area contributed by atoms with E-state index in [1.165, 1.54) is 0 Å². The summed E-state index contributed by atoms with van der Waals surface area (Å²) in [6.07, 6.45) is 0.433. The predicted molar refractivity (Wildman–Crippen MR) is 117 cm³/mol. The average molecular weight is 435 g/mol. The van der Waals surface area contributed by atoms with Gasteiger partial charge in [0.15, 0.2) is 0 Å². The van der Waals surface area contributed by atoms with Crippen molar-refractivity contribution in [3.05, 3.63) is 71.4 Å². The lowest BCUT2D eigenvalue weighted by molar-refractivity contribution is -0.130. The van der Waals surface area contributed by atoms with Crippen LogP contribution in [0, 0.1) is 6.92 Å². The summed E-state index contributed by atoms with van der Waals surface area (Å²) in [5.74, 6) is -0.249. The number of rotatable bonds is 7. The number of benzene rings is 2. The molecule has 1 aliphatic heterocycles. The fraction of sp³-hybridized carbons (Fsp3) is 0.292. The number of carbonyl (C=O) groups is 2. The van der Waals surface area contributed by atoms with Gasteiger partial charge in [0.05, 0.1) is 24.1 Å². The van der Waals surface area contributed by atoms with Gasteiger partial charge >= 0.3 is 0 Å². The van der Waals surface area contributed by atoms with Crippen LogP contribution < -0.4 is 15.5 Å². The molecule has 1 aliphatic rings. The van der Waals surface area contributed by atoms with Crippen LogP contribution in [0.25, 0.3) is 10.9 Å². The van der Waals surface area contributed by atoms with Crippen molar-refractivity contribution in [3.8, 4) is 5.75 Å². The second-order valence-corrected chi connectivity index (χ2v) is 8.00. The third kappa shape index (κ3) is 4.87. The van der Waals surface area contributed by atoms with E-state index in [4.69, 9.17) is 14.7 Å². The topological polar surface area (TPSA) is 110 Å². The van der Waals surface area contributed by atoms with Crippen LogP contribution in [0.2, 0.25) is 0 Å². The molecule has 0 bridgehead atoms. The molecule has 1 saturated heterocycles. The smallest absolute Gasteiger partial charge is 0.251 e. The van der Waals surface area contributed by atoms with E-state index in [1.54, 1.807) is 29.7 Å². The highest BCUT2D eigenvalue weighted by atomic mass is 16.5. The largest absolute Gasteiger partial charge is 0.489 e. The number of nitrogens with zero attached hydrogens (tertiary/aromatic N) is 1. The lowest BCUT2D eigenvalue weighted by Crippen LogP contribution is -2.51. The summed E-state index contributed by atoms with van der Waals surface area (Å²) in [6.45, 7) is 2.99. The highest BCUT2D eigenvalue weighted by molar-refractivity contribution is 5.95. The molecule has 1 fully saturated rings. The molecule has 1 aromatic heterocycles. The first kappa shape index (κ1) is 21.7. The van der Waals surface area contributed by atoms with E-state index in [9.17, 15) is 9.59 Å². The summed E-state index contributed by atoms with van der Waals surface area (Å²) < 4.78 is 11.3. The van der Waals surface area contributed by atoms with Gasteiger partial charge in [-0.05, 0) is 49.7 Å². The number of pyridine rings is 1. The first-order valence-corrected chi connectivity index (χ1v) is 10.4. The van der Waals surface area contributed by atoms with Crippen LogP contribution >= 0.6 is 0 Å². The molecule has 8 heteroatoms. The Bertz CT molecular complexity index is 1120. The summed E-state index contributed by atoms with van der Waals surface area (Å²) in [4.78, 5) is 28.9. The van der Waals surface area contributed by atoms with Gasteiger partial charge in [0, 0.05) is 28.8 Å². The average Bonchev–Trinajstić information content (AvgIpc) is 3.25. The molecule has 166 valence electrons. The van der Waals surface area contributed by atoms with Gasteiger partial charge in [0.25, 0.3) is 5.91 Å². The van der Waals surface area contributed by atoms with E-state index >= 15 is 0 Å². The quantitative estimate of drug-likeness (QED) is 0.389. The van der Waals surface area contributed by atoms with Crippen molar-refractivity contribution in [2.45, 2.75) is 31.9 Å². The van der Waals surface area contributed by atoms with Crippen LogP contribution in [0.15, 0.2) is 54.6 Å². The van der Waals surface area contributed by atoms with Gasteiger partial charge in [-0.15, -0.1) is 0 Å². The number of fused-ring (bicyclic) bond motifs is 1. The Morgan fingerprint density at radius 3 is 2.69 bits per heavy atom. The maximum absolute atomic E-state index is 12.7. The van der Waals surface area contributed by atoms with Gasteiger partial charge in [-0.25, -0.2) is 5.48 Å². The van der Waals surface area contributed by atoms with E-state index in [1.807, 2.05) is 37.3 Å². The Morgan fingerprint density at radius 2 is 1.97 bits per heavy atom. The van der Waals surface area contributed by atoms with Gasteiger partial charge in [0.2, 0.25) is 5.91 Å². The summed E-state index contributed by atoms with van der Waals surface area (Å²) in [5.41, 5.74) is 4.12. The molecule has 4 rings (SSSR count). The van der Waals surface area contributed by atoms with Gasteiger partial charge in [-0.1, -0.05) is 18.2 Å². The van der Waals surface area contributed by atoms with Crippen molar-refractivity contribution in [1.82, 2.24) is 15.8 Å². The van der Waals surface area contributed by atoms with Crippen molar-refractivity contribution in [2.75, 3.05) is 13.2 Å². The zero-order valence-electron chi connectivity index (χ0n) is 17.8. The van der Waals surface area contributed by atoms with Crippen LogP contribution in [-0.4, -0.2) is 40.8 Å². The number of hydrogen-bond acceptors (Lipinski definition) is 6. The third-order valence-corrected chi connectivity index (χ3v) is 5.55. The van der Waals surface area contributed by atoms with Gasteiger partial charge in [0.1, 0.15) is 12.4 Å². The first-order chi connectivity index (χ1) is 15.5. The van der Waals surface area contributed by atoms with Crippen LogP contribution in [0.5, 0.6) is 5.75 Å². The number of aromatic nitrogens is 1. The third-order valence-electron chi connectivity index (χ3n) is 5.55. The number of carbonyl (C=O) groups excluding carboxylic acids is 2. The van der Waals surface area contributed by atoms with Crippen molar-refractivity contribution in [3.63, 3.8) is 0 Å². The molecule has 3 N–H and O–H groups in total. The van der Waals surface area contributed by atoms with Gasteiger partial charge in [-0.3, -0.25) is 19.8 Å². The maximum atomic E-state index is 12.7. The minimum absolute atomic E-state index is 0.0598. The molecular formula is C24H25N3O5. The summed E-state index contributed by atoms with van der Waals surface area (Å²) in [5, 5.41) is 12.8. The number of para-hydroxylation sites is 1. The fourth-order valence-corrected chi connectivity index (χ4v) is 3.93. The Hall–Kier alpha value is -3.49. The lowest BCUT2D eigenvalue weighted by Gasteiger charge is -2.27. The normalized spacial score (nSPS) is 17.8. The van der Waals surface area contributed by atoms with Crippen molar-refractivity contribution in [1.29, 1.82) is 0 Å². The molecule has 2 heterocycles. The molecule has 32 heavy (non-hydrogen) atoms. The number of nitrogens with one attached hydrogen (secondary N) is 2. The van der Waals surface area contributed by atoms with E-state index in [-0.39, 0.29) is 18.9 Å². The number of aryl methyl sites for hydroxylation is 1. The zero-order chi connectivity index (χ0) is 22.6. The zero-order valence-corrected chi connectivity index (χ0v) is 17.8. The maximum Gasteiger partial charge on any atom is 0.251 e. The van der Waals surface area contributed by atoms with Crippen LogP contribution in [0.4, 0.5) is 0 Å². The molecule has 0 spiro atoms. The molecule has 0 saturated carbocycles. The monoisotopic (exact) mass is 435 g/mol. The minimum Gasteiger partial charge on any atom is -0.489 e. The number of hydrogen-bond donors (Lipinski definition) is 3. The molecule has 2 aromatic carbocycles. The molecular weight excluding hydrogens is 410 g/mol. The summed E-state index contributed by atoms with van der Waals surface area (Å²) in [6, 6.07) is 16.8. The fourth-order valence-electron chi connectivity index (χ4n) is 3.93. The highest BCUT2D eigenvalue weighted by Gasteiger charge is 2.38. The Labute approximate surface area is 185 Å². The lowest BCUT2D eigenvalue weighted by atomic mass is 9.93.